The van der Waals surface area contributed by atoms with Crippen molar-refractivity contribution in [3.8, 4) is 11.5 Å². The first-order valence-corrected chi connectivity index (χ1v) is 12.6. The van der Waals surface area contributed by atoms with Crippen molar-refractivity contribution in [2.24, 2.45) is 0 Å². The number of ether oxygens (including phenoxy) is 5. The van der Waals surface area contributed by atoms with Crippen molar-refractivity contribution in [1.82, 2.24) is 0 Å². The van der Waals surface area contributed by atoms with Gasteiger partial charge in [-0.1, -0.05) is 44.7 Å². The van der Waals surface area contributed by atoms with Crippen LogP contribution >= 0.6 is 11.6 Å². The van der Waals surface area contributed by atoms with Gasteiger partial charge in [-0.3, -0.25) is 9.59 Å². The number of rotatable bonds is 14. The highest BCUT2D eigenvalue weighted by Gasteiger charge is 2.24. The number of alkyl halides is 1. The van der Waals surface area contributed by atoms with Crippen molar-refractivity contribution >= 4 is 23.5 Å². The fraction of sp³-hybridized carbons (Fsp3) is 0.448. The lowest BCUT2D eigenvalue weighted by Crippen LogP contribution is -2.29. The topological polar surface area (TPSA) is 80.3 Å². The van der Waals surface area contributed by atoms with Crippen molar-refractivity contribution in [2.75, 3.05) is 25.7 Å². The molecule has 8 heteroatoms. The minimum Gasteiger partial charge on any atom is -0.491 e. The summed E-state index contributed by atoms with van der Waals surface area (Å²) in [5.74, 6) is 1.39. The Bertz CT molecular complexity index is 1060. The summed E-state index contributed by atoms with van der Waals surface area (Å²) in [5.41, 5.74) is 2.97. The summed E-state index contributed by atoms with van der Waals surface area (Å²) in [6, 6.07) is 13.9. The Morgan fingerprint density at radius 2 is 1.49 bits per heavy atom. The molecule has 0 aliphatic rings. The van der Waals surface area contributed by atoms with E-state index in [-0.39, 0.29) is 24.7 Å². The van der Waals surface area contributed by atoms with Gasteiger partial charge in [0, 0.05) is 19.3 Å². The Morgan fingerprint density at radius 3 is 2.03 bits per heavy atom. The van der Waals surface area contributed by atoms with E-state index in [1.165, 1.54) is 13.8 Å². The van der Waals surface area contributed by atoms with E-state index in [2.05, 4.69) is 32.6 Å². The number of allylic oxidation sites excluding steroid dienone is 1. The van der Waals surface area contributed by atoms with Crippen LogP contribution in [0.3, 0.4) is 0 Å². The number of carbonyl (C=O) groups excluding carboxylic acids is 2. The van der Waals surface area contributed by atoms with Crippen LogP contribution in [0.1, 0.15) is 51.3 Å². The molecule has 0 aromatic heterocycles. The number of halogens is 1. The van der Waals surface area contributed by atoms with Gasteiger partial charge in [0.1, 0.15) is 37.4 Å². The molecule has 2 atom stereocenters. The second-order valence-electron chi connectivity index (χ2n) is 9.38. The molecule has 0 heterocycles. The van der Waals surface area contributed by atoms with Crippen molar-refractivity contribution in [2.45, 2.75) is 59.2 Å². The van der Waals surface area contributed by atoms with Crippen LogP contribution in [0.4, 0.5) is 0 Å². The molecule has 0 fully saturated rings. The Balaban J connectivity index is 2.06. The number of benzene rings is 2. The summed E-state index contributed by atoms with van der Waals surface area (Å²) < 4.78 is 27.4. The molecule has 2 aromatic rings. The zero-order valence-corrected chi connectivity index (χ0v) is 23.2. The van der Waals surface area contributed by atoms with Crippen molar-refractivity contribution in [3.05, 3.63) is 71.5 Å². The van der Waals surface area contributed by atoms with E-state index in [0.717, 1.165) is 22.4 Å². The maximum absolute atomic E-state index is 11.3. The number of esters is 2. The molecular weight excluding hydrogens is 496 g/mol. The van der Waals surface area contributed by atoms with E-state index in [0.29, 0.717) is 24.0 Å². The Hall–Kier alpha value is -3.19. The molecule has 0 radical (unpaired) electrons. The number of hydrogen-bond acceptors (Lipinski definition) is 7. The molecule has 2 aromatic carbocycles. The van der Waals surface area contributed by atoms with Crippen LogP contribution < -0.4 is 9.47 Å². The molecule has 0 spiro atoms. The minimum absolute atomic E-state index is 0.0630. The van der Waals surface area contributed by atoms with E-state index < -0.39 is 18.0 Å². The third kappa shape index (κ3) is 9.65. The first-order valence-electron chi connectivity index (χ1n) is 12.1. The van der Waals surface area contributed by atoms with Gasteiger partial charge in [-0.2, -0.15) is 0 Å². The molecule has 0 unspecified atom stereocenters. The quantitative estimate of drug-likeness (QED) is 0.174. The van der Waals surface area contributed by atoms with E-state index in [4.69, 9.17) is 35.3 Å². The molecule has 0 saturated heterocycles. The Morgan fingerprint density at radius 1 is 0.865 bits per heavy atom. The largest absolute Gasteiger partial charge is 0.491 e. The zero-order valence-electron chi connectivity index (χ0n) is 22.5. The molecule has 0 bridgehead atoms. The summed E-state index contributed by atoms with van der Waals surface area (Å²) in [7, 11) is 0. The first kappa shape index (κ1) is 30.0. The third-order valence-electron chi connectivity index (χ3n) is 5.68. The maximum Gasteiger partial charge on any atom is 0.303 e. The van der Waals surface area contributed by atoms with Crippen LogP contribution in [0.2, 0.25) is 0 Å². The number of hydrogen-bond donors (Lipinski definition) is 0. The molecule has 7 nitrogen and oxygen atoms in total. The summed E-state index contributed by atoms with van der Waals surface area (Å²) in [6.07, 6.45) is -0.949. The molecule has 202 valence electrons. The molecule has 0 aliphatic carbocycles. The monoisotopic (exact) mass is 532 g/mol. The lowest BCUT2D eigenvalue weighted by atomic mass is 9.77. The highest BCUT2D eigenvalue weighted by Crippen LogP contribution is 2.34. The number of aryl methyl sites for hydroxylation is 1. The normalized spacial score (nSPS) is 12.7. The fourth-order valence-electron chi connectivity index (χ4n) is 3.66. The van der Waals surface area contributed by atoms with Crippen LogP contribution in [0.5, 0.6) is 11.5 Å². The predicted molar refractivity (Wildman–Crippen MR) is 143 cm³/mol. The predicted octanol–water partition coefficient (Wildman–Crippen LogP) is 5.73. The fourth-order valence-corrected chi connectivity index (χ4v) is 3.81. The van der Waals surface area contributed by atoms with E-state index >= 15 is 0 Å². The third-order valence-corrected chi connectivity index (χ3v) is 6.02. The zero-order chi connectivity index (χ0) is 27.6. The maximum atomic E-state index is 11.3. The lowest BCUT2D eigenvalue weighted by molar-refractivity contribution is -0.158. The minimum atomic E-state index is -0.687. The van der Waals surface area contributed by atoms with E-state index in [1.807, 2.05) is 37.3 Å². The highest BCUT2D eigenvalue weighted by atomic mass is 35.5. The summed E-state index contributed by atoms with van der Waals surface area (Å²) >= 11 is 5.97. The van der Waals surface area contributed by atoms with Crippen molar-refractivity contribution < 1.29 is 33.3 Å². The molecular formula is C29H37ClO7. The van der Waals surface area contributed by atoms with Gasteiger partial charge in [-0.15, -0.1) is 11.6 Å². The summed E-state index contributed by atoms with van der Waals surface area (Å²) in [5, 5.41) is 0. The highest BCUT2D eigenvalue weighted by molar-refractivity contribution is 6.18. The molecule has 0 amide bonds. The van der Waals surface area contributed by atoms with Gasteiger partial charge in [-0.25, -0.2) is 0 Å². The van der Waals surface area contributed by atoms with E-state index in [9.17, 15) is 9.59 Å². The first-order chi connectivity index (χ1) is 17.4. The summed E-state index contributed by atoms with van der Waals surface area (Å²) in [6.45, 7) is 14.8. The summed E-state index contributed by atoms with van der Waals surface area (Å²) in [4.78, 5) is 22.4. The van der Waals surface area contributed by atoms with Gasteiger partial charge >= 0.3 is 11.9 Å². The van der Waals surface area contributed by atoms with Gasteiger partial charge in [0.2, 0.25) is 0 Å². The molecule has 37 heavy (non-hydrogen) atoms. The Labute approximate surface area is 224 Å². The average molecular weight is 533 g/mol. The second kappa shape index (κ2) is 13.9. The van der Waals surface area contributed by atoms with Gasteiger partial charge < -0.3 is 23.7 Å². The smallest absolute Gasteiger partial charge is 0.303 e. The second-order valence-corrected chi connectivity index (χ2v) is 9.69. The molecule has 0 N–H and O–H groups in total. The SMILES string of the molecule is C=C(C)O[C@@H](CCl)COc1ccc(C(C)(C)c2ccc(OC[C@@H](COC(C)=O)OC(C)=O)cc2)cc1C. The van der Waals surface area contributed by atoms with Gasteiger partial charge in [0.25, 0.3) is 0 Å². The van der Waals surface area contributed by atoms with Gasteiger partial charge in [0.15, 0.2) is 6.10 Å². The standard InChI is InChI=1S/C29H37ClO7/c1-19(2)36-26(15-30)16-35-28-13-10-24(14-20(28)3)29(6,7)23-8-11-25(12-9-23)34-18-27(37-22(5)32)17-33-21(4)31/h8-14,26-27H,1,15-18H2,2-7H3/t26-,27+/m0/s1. The van der Waals surface area contributed by atoms with Crippen LogP contribution in [0, 0.1) is 6.92 Å². The van der Waals surface area contributed by atoms with Gasteiger partial charge in [-0.05, 0) is 48.7 Å². The van der Waals surface area contributed by atoms with Crippen LogP contribution in [-0.2, 0) is 29.2 Å². The molecule has 0 aliphatic heterocycles. The van der Waals surface area contributed by atoms with Gasteiger partial charge in [0.05, 0.1) is 11.6 Å². The van der Waals surface area contributed by atoms with Crippen LogP contribution in [0.25, 0.3) is 0 Å². The number of carbonyl (C=O) groups is 2. The molecule has 0 saturated carbocycles. The van der Waals surface area contributed by atoms with Crippen molar-refractivity contribution in [1.29, 1.82) is 0 Å². The van der Waals surface area contributed by atoms with E-state index in [1.54, 1.807) is 6.92 Å². The lowest BCUT2D eigenvalue weighted by Gasteiger charge is -2.27. The Kier molecular flexibility index (Phi) is 11.3. The van der Waals surface area contributed by atoms with Crippen LogP contribution in [0.15, 0.2) is 54.8 Å². The van der Waals surface area contributed by atoms with Crippen LogP contribution in [-0.4, -0.2) is 49.8 Å². The molecule has 2 rings (SSSR count). The van der Waals surface area contributed by atoms with Crippen molar-refractivity contribution in [3.63, 3.8) is 0 Å². The average Bonchev–Trinajstić information content (AvgIpc) is 2.83.